The van der Waals surface area contributed by atoms with Gasteiger partial charge in [-0.3, -0.25) is 0 Å². The van der Waals surface area contributed by atoms with Crippen LogP contribution in [0.25, 0.3) is 0 Å². The van der Waals surface area contributed by atoms with E-state index in [0.29, 0.717) is 39.6 Å². The van der Waals surface area contributed by atoms with Crippen molar-refractivity contribution in [1.82, 2.24) is 5.32 Å². The van der Waals surface area contributed by atoms with Crippen LogP contribution in [0.3, 0.4) is 0 Å². The molecule has 1 saturated carbocycles. The van der Waals surface area contributed by atoms with Gasteiger partial charge in [-0.25, -0.2) is 0 Å². The van der Waals surface area contributed by atoms with Crippen LogP contribution < -0.4 is 5.32 Å². The number of ether oxygens (including phenoxy) is 4. The molecule has 1 aliphatic rings. The van der Waals surface area contributed by atoms with Crippen molar-refractivity contribution in [3.8, 4) is 0 Å². The summed E-state index contributed by atoms with van der Waals surface area (Å²) in [7, 11) is 1.67. The lowest BCUT2D eigenvalue weighted by Gasteiger charge is -2.30. The summed E-state index contributed by atoms with van der Waals surface area (Å²) >= 11 is 0. The van der Waals surface area contributed by atoms with E-state index in [2.05, 4.69) is 12.2 Å². The van der Waals surface area contributed by atoms with Crippen molar-refractivity contribution < 1.29 is 18.9 Å². The molecule has 0 atom stereocenters. The fraction of sp³-hybridized carbons (Fsp3) is 1.00. The molecule has 0 spiro atoms. The van der Waals surface area contributed by atoms with Gasteiger partial charge in [-0.2, -0.15) is 0 Å². The number of hydrogen-bond acceptors (Lipinski definition) is 5. The molecule has 1 aliphatic carbocycles. The smallest absolute Gasteiger partial charge is 0.0807 e. The third-order valence-electron chi connectivity index (χ3n) is 3.83. The maximum absolute atomic E-state index is 6.13. The SMILES string of the molecule is CCCNCC1(OCCOCCOCCOC)CCCC1. The van der Waals surface area contributed by atoms with Crippen LogP contribution >= 0.6 is 0 Å². The highest BCUT2D eigenvalue weighted by atomic mass is 16.6. The third-order valence-corrected chi connectivity index (χ3v) is 3.83. The summed E-state index contributed by atoms with van der Waals surface area (Å²) in [5, 5.41) is 3.50. The number of rotatable bonds is 14. The molecule has 1 rings (SSSR count). The molecule has 0 heterocycles. The maximum atomic E-state index is 6.13. The standard InChI is InChI=1S/C16H33NO4/c1-3-8-17-15-16(6-4-5-7-16)21-14-13-20-12-11-19-10-9-18-2/h17H,3-15H2,1-2H3. The summed E-state index contributed by atoms with van der Waals surface area (Å²) < 4.78 is 21.9. The quantitative estimate of drug-likeness (QED) is 0.497. The predicted molar refractivity (Wildman–Crippen MR) is 83.8 cm³/mol. The fourth-order valence-corrected chi connectivity index (χ4v) is 2.67. The van der Waals surface area contributed by atoms with E-state index in [1.807, 2.05) is 0 Å². The summed E-state index contributed by atoms with van der Waals surface area (Å²) in [6.45, 7) is 8.05. The van der Waals surface area contributed by atoms with Gasteiger partial charge in [0, 0.05) is 13.7 Å². The highest BCUT2D eigenvalue weighted by Gasteiger charge is 2.34. The van der Waals surface area contributed by atoms with Gasteiger partial charge in [0.05, 0.1) is 45.2 Å². The Morgan fingerprint density at radius 1 is 0.905 bits per heavy atom. The first-order valence-corrected chi connectivity index (χ1v) is 8.32. The van der Waals surface area contributed by atoms with Crippen LogP contribution in [-0.2, 0) is 18.9 Å². The summed E-state index contributed by atoms with van der Waals surface area (Å²) in [4.78, 5) is 0. The van der Waals surface area contributed by atoms with Gasteiger partial charge in [-0.15, -0.1) is 0 Å². The minimum absolute atomic E-state index is 0.0491. The van der Waals surface area contributed by atoms with E-state index in [9.17, 15) is 0 Å². The first-order chi connectivity index (χ1) is 10.3. The molecule has 0 radical (unpaired) electrons. The van der Waals surface area contributed by atoms with Crippen molar-refractivity contribution >= 4 is 0 Å². The Balaban J connectivity index is 2.00. The second kappa shape index (κ2) is 12.4. The topological polar surface area (TPSA) is 49.0 Å². The van der Waals surface area contributed by atoms with Crippen molar-refractivity contribution in [2.45, 2.75) is 44.6 Å². The second-order valence-electron chi connectivity index (χ2n) is 5.63. The van der Waals surface area contributed by atoms with Gasteiger partial charge in [0.1, 0.15) is 0 Å². The molecular weight excluding hydrogens is 270 g/mol. The van der Waals surface area contributed by atoms with E-state index in [-0.39, 0.29) is 5.60 Å². The molecule has 0 aromatic heterocycles. The average molecular weight is 303 g/mol. The molecule has 0 aliphatic heterocycles. The highest BCUT2D eigenvalue weighted by Crippen LogP contribution is 2.32. The largest absolute Gasteiger partial charge is 0.382 e. The summed E-state index contributed by atoms with van der Waals surface area (Å²) in [6, 6.07) is 0. The number of nitrogens with one attached hydrogen (secondary N) is 1. The normalized spacial score (nSPS) is 17.4. The molecule has 0 amide bonds. The van der Waals surface area contributed by atoms with E-state index in [0.717, 1.165) is 13.1 Å². The van der Waals surface area contributed by atoms with Gasteiger partial charge in [0.25, 0.3) is 0 Å². The van der Waals surface area contributed by atoms with E-state index in [4.69, 9.17) is 18.9 Å². The van der Waals surface area contributed by atoms with E-state index in [1.165, 1.54) is 32.1 Å². The minimum Gasteiger partial charge on any atom is -0.382 e. The maximum Gasteiger partial charge on any atom is 0.0807 e. The molecule has 21 heavy (non-hydrogen) atoms. The summed E-state index contributed by atoms with van der Waals surface area (Å²) in [5.41, 5.74) is 0.0491. The van der Waals surface area contributed by atoms with Crippen LogP contribution in [0.15, 0.2) is 0 Å². The van der Waals surface area contributed by atoms with Gasteiger partial charge < -0.3 is 24.3 Å². The van der Waals surface area contributed by atoms with Gasteiger partial charge in [-0.05, 0) is 25.8 Å². The zero-order valence-corrected chi connectivity index (χ0v) is 13.8. The lowest BCUT2D eigenvalue weighted by atomic mass is 10.0. The molecular formula is C16H33NO4. The zero-order valence-electron chi connectivity index (χ0n) is 13.8. The average Bonchev–Trinajstić information content (AvgIpc) is 2.95. The monoisotopic (exact) mass is 303 g/mol. The van der Waals surface area contributed by atoms with Crippen molar-refractivity contribution in [3.63, 3.8) is 0 Å². The first kappa shape index (κ1) is 18.8. The van der Waals surface area contributed by atoms with Gasteiger partial charge in [0.15, 0.2) is 0 Å². The minimum atomic E-state index is 0.0491. The molecule has 5 nitrogen and oxygen atoms in total. The molecule has 5 heteroatoms. The number of methoxy groups -OCH3 is 1. The molecule has 0 aromatic carbocycles. The van der Waals surface area contributed by atoms with E-state index < -0.39 is 0 Å². The third kappa shape index (κ3) is 8.73. The van der Waals surface area contributed by atoms with E-state index in [1.54, 1.807) is 7.11 Å². The zero-order chi connectivity index (χ0) is 15.2. The van der Waals surface area contributed by atoms with Crippen LogP contribution in [0, 0.1) is 0 Å². The Bertz CT molecular complexity index is 232. The molecule has 1 fully saturated rings. The molecule has 126 valence electrons. The van der Waals surface area contributed by atoms with Crippen LogP contribution in [0.1, 0.15) is 39.0 Å². The van der Waals surface area contributed by atoms with E-state index >= 15 is 0 Å². The summed E-state index contributed by atoms with van der Waals surface area (Å²) in [5.74, 6) is 0. The first-order valence-electron chi connectivity index (χ1n) is 8.32. The number of hydrogen-bond donors (Lipinski definition) is 1. The molecule has 0 unspecified atom stereocenters. The fourth-order valence-electron chi connectivity index (χ4n) is 2.67. The molecule has 0 aromatic rings. The Hall–Kier alpha value is -0.200. The predicted octanol–water partition coefficient (Wildman–Crippen LogP) is 1.99. The van der Waals surface area contributed by atoms with Crippen molar-refractivity contribution in [2.24, 2.45) is 0 Å². The highest BCUT2D eigenvalue weighted by molar-refractivity contribution is 4.88. The Morgan fingerprint density at radius 2 is 1.52 bits per heavy atom. The second-order valence-corrected chi connectivity index (χ2v) is 5.63. The molecule has 0 saturated heterocycles. The Kier molecular flexibility index (Phi) is 11.1. The van der Waals surface area contributed by atoms with Crippen molar-refractivity contribution in [2.75, 3.05) is 59.8 Å². The molecule has 1 N–H and O–H groups in total. The van der Waals surface area contributed by atoms with Crippen molar-refractivity contribution in [3.05, 3.63) is 0 Å². The van der Waals surface area contributed by atoms with Crippen LogP contribution in [0.4, 0.5) is 0 Å². The van der Waals surface area contributed by atoms with Crippen LogP contribution in [0.5, 0.6) is 0 Å². The summed E-state index contributed by atoms with van der Waals surface area (Å²) in [6.07, 6.45) is 6.07. The van der Waals surface area contributed by atoms with Crippen LogP contribution in [-0.4, -0.2) is 65.4 Å². The van der Waals surface area contributed by atoms with Gasteiger partial charge in [0.2, 0.25) is 0 Å². The van der Waals surface area contributed by atoms with Crippen LogP contribution in [0.2, 0.25) is 0 Å². The lowest BCUT2D eigenvalue weighted by molar-refractivity contribution is -0.0677. The van der Waals surface area contributed by atoms with Gasteiger partial charge >= 0.3 is 0 Å². The molecule has 0 bridgehead atoms. The van der Waals surface area contributed by atoms with Gasteiger partial charge in [-0.1, -0.05) is 19.8 Å². The Labute approximate surface area is 129 Å². The Morgan fingerprint density at radius 3 is 2.14 bits per heavy atom. The lowest BCUT2D eigenvalue weighted by Crippen LogP contribution is -2.41. The van der Waals surface area contributed by atoms with Crippen molar-refractivity contribution in [1.29, 1.82) is 0 Å².